The molecule has 172 valence electrons. The summed E-state index contributed by atoms with van der Waals surface area (Å²) >= 11 is 0. The highest BCUT2D eigenvalue weighted by atomic mass is 32.2. The van der Waals surface area contributed by atoms with Crippen molar-refractivity contribution in [1.29, 1.82) is 0 Å². The lowest BCUT2D eigenvalue weighted by atomic mass is 10.2. The molecule has 0 bridgehead atoms. The molecule has 6 nitrogen and oxygen atoms in total. The van der Waals surface area contributed by atoms with Crippen LogP contribution in [0.2, 0.25) is 0 Å². The van der Waals surface area contributed by atoms with Crippen LogP contribution < -0.4 is 5.32 Å². The first-order valence-electron chi connectivity index (χ1n) is 10.0. The molecular weight excluding hydrogens is 443 g/mol. The zero-order valence-electron chi connectivity index (χ0n) is 17.3. The van der Waals surface area contributed by atoms with E-state index in [1.165, 1.54) is 28.6 Å². The Labute approximate surface area is 185 Å². The molecule has 1 fully saturated rings. The van der Waals surface area contributed by atoms with Crippen molar-refractivity contribution in [2.24, 2.45) is 0 Å². The number of hydrogen-bond donors (Lipinski definition) is 1. The fourth-order valence-corrected chi connectivity index (χ4v) is 4.69. The average Bonchev–Trinajstić information content (AvgIpc) is 2.78. The van der Waals surface area contributed by atoms with E-state index in [1.54, 1.807) is 5.32 Å². The molecule has 0 unspecified atom stereocenters. The normalized spacial score (nSPS) is 16.3. The SMILES string of the molecule is O=C(NCC(F)(F)F)c1ccc(S(=O)(=O)N2CCN(C/C=C/c3ccccc3)CC2)cc1. The molecule has 0 aromatic heterocycles. The highest BCUT2D eigenvalue weighted by Gasteiger charge is 2.29. The van der Waals surface area contributed by atoms with Crippen LogP contribution in [0.3, 0.4) is 0 Å². The average molecular weight is 468 g/mol. The van der Waals surface area contributed by atoms with Crippen molar-refractivity contribution in [1.82, 2.24) is 14.5 Å². The first-order valence-corrected chi connectivity index (χ1v) is 11.5. The fourth-order valence-electron chi connectivity index (χ4n) is 3.26. The second-order valence-electron chi connectivity index (χ2n) is 7.34. The number of hydrogen-bond acceptors (Lipinski definition) is 4. The van der Waals surface area contributed by atoms with Crippen molar-refractivity contribution in [3.63, 3.8) is 0 Å². The second-order valence-corrected chi connectivity index (χ2v) is 9.28. The number of alkyl halides is 3. The van der Waals surface area contributed by atoms with Gasteiger partial charge in [-0.25, -0.2) is 8.42 Å². The Bertz CT molecular complexity index is 1030. The van der Waals surface area contributed by atoms with Crippen LogP contribution in [-0.2, 0) is 10.0 Å². The van der Waals surface area contributed by atoms with Crippen LogP contribution in [0.4, 0.5) is 13.2 Å². The van der Waals surface area contributed by atoms with E-state index in [2.05, 4.69) is 4.90 Å². The Morgan fingerprint density at radius 2 is 1.59 bits per heavy atom. The van der Waals surface area contributed by atoms with E-state index in [9.17, 15) is 26.4 Å². The van der Waals surface area contributed by atoms with E-state index < -0.39 is 28.7 Å². The van der Waals surface area contributed by atoms with Gasteiger partial charge in [0.2, 0.25) is 10.0 Å². The molecule has 1 aliphatic heterocycles. The zero-order valence-corrected chi connectivity index (χ0v) is 18.1. The van der Waals surface area contributed by atoms with Gasteiger partial charge in [-0.2, -0.15) is 17.5 Å². The maximum absolute atomic E-state index is 12.9. The number of piperazine rings is 1. The van der Waals surface area contributed by atoms with Gasteiger partial charge in [-0.1, -0.05) is 42.5 Å². The topological polar surface area (TPSA) is 69.7 Å². The smallest absolute Gasteiger partial charge is 0.343 e. The number of nitrogens with zero attached hydrogens (tertiary/aromatic N) is 2. The van der Waals surface area contributed by atoms with Gasteiger partial charge in [0.05, 0.1) is 4.90 Å². The Kier molecular flexibility index (Phi) is 7.70. The predicted molar refractivity (Wildman–Crippen MR) is 116 cm³/mol. The third-order valence-electron chi connectivity index (χ3n) is 5.01. The number of rotatable bonds is 7. The maximum Gasteiger partial charge on any atom is 0.405 e. The fraction of sp³-hybridized carbons (Fsp3) is 0.318. The standard InChI is InChI=1S/C22H24F3N3O3S/c23-22(24,25)17-26-21(29)19-8-10-20(11-9-19)32(30,31)28-15-13-27(14-16-28)12-4-7-18-5-2-1-3-6-18/h1-11H,12-17H2,(H,26,29)/b7-4+. The summed E-state index contributed by atoms with van der Waals surface area (Å²) < 4.78 is 63.8. The molecule has 1 amide bonds. The maximum atomic E-state index is 12.9. The van der Waals surface area contributed by atoms with Gasteiger partial charge in [0.25, 0.3) is 5.91 Å². The second kappa shape index (κ2) is 10.3. The van der Waals surface area contributed by atoms with Crippen molar-refractivity contribution in [2.45, 2.75) is 11.1 Å². The van der Waals surface area contributed by atoms with Gasteiger partial charge in [-0.05, 0) is 29.8 Å². The monoisotopic (exact) mass is 467 g/mol. The Balaban J connectivity index is 1.53. The molecule has 0 saturated carbocycles. The largest absolute Gasteiger partial charge is 0.405 e. The molecule has 32 heavy (non-hydrogen) atoms. The molecular formula is C22H24F3N3O3S. The predicted octanol–water partition coefficient (Wildman–Crippen LogP) is 3.00. The lowest BCUT2D eigenvalue weighted by Gasteiger charge is -2.33. The van der Waals surface area contributed by atoms with Crippen LogP contribution >= 0.6 is 0 Å². The van der Waals surface area contributed by atoms with Crippen molar-refractivity contribution in [3.8, 4) is 0 Å². The highest BCUT2D eigenvalue weighted by molar-refractivity contribution is 7.89. The van der Waals surface area contributed by atoms with E-state index in [0.717, 1.165) is 5.56 Å². The molecule has 2 aromatic carbocycles. The van der Waals surface area contributed by atoms with Gasteiger partial charge in [0.15, 0.2) is 0 Å². The minimum Gasteiger partial charge on any atom is -0.343 e. The molecule has 1 heterocycles. The minimum absolute atomic E-state index is 0.00212. The summed E-state index contributed by atoms with van der Waals surface area (Å²) in [7, 11) is -3.75. The van der Waals surface area contributed by atoms with E-state index in [4.69, 9.17) is 0 Å². The quantitative estimate of drug-likeness (QED) is 0.680. The van der Waals surface area contributed by atoms with Gasteiger partial charge in [0.1, 0.15) is 6.54 Å². The summed E-state index contributed by atoms with van der Waals surface area (Å²) in [6.45, 7) is 1.08. The number of nitrogens with one attached hydrogen (secondary N) is 1. The highest BCUT2D eigenvalue weighted by Crippen LogP contribution is 2.19. The Morgan fingerprint density at radius 1 is 0.969 bits per heavy atom. The number of benzene rings is 2. The van der Waals surface area contributed by atoms with Crippen LogP contribution in [0, 0.1) is 0 Å². The number of sulfonamides is 1. The summed E-state index contributed by atoms with van der Waals surface area (Å²) in [6.07, 6.45) is -0.448. The van der Waals surface area contributed by atoms with Gasteiger partial charge in [-0.3, -0.25) is 9.69 Å². The minimum atomic E-state index is -4.52. The third kappa shape index (κ3) is 6.65. The van der Waals surface area contributed by atoms with Crippen molar-refractivity contribution in [2.75, 3.05) is 39.3 Å². The summed E-state index contributed by atoms with van der Waals surface area (Å²) in [5.41, 5.74) is 1.06. The first kappa shape index (κ1) is 24.0. The molecule has 0 atom stereocenters. The van der Waals surface area contributed by atoms with Crippen LogP contribution in [0.5, 0.6) is 0 Å². The lowest BCUT2D eigenvalue weighted by Crippen LogP contribution is -2.48. The van der Waals surface area contributed by atoms with Gasteiger partial charge >= 0.3 is 6.18 Å². The Hall–Kier alpha value is -2.69. The number of halogens is 3. The molecule has 10 heteroatoms. The first-order chi connectivity index (χ1) is 15.1. The van der Waals surface area contributed by atoms with Gasteiger partial charge < -0.3 is 5.32 Å². The lowest BCUT2D eigenvalue weighted by molar-refractivity contribution is -0.123. The molecule has 3 rings (SSSR count). The molecule has 0 aliphatic carbocycles. The summed E-state index contributed by atoms with van der Waals surface area (Å²) in [6, 6.07) is 14.8. The van der Waals surface area contributed by atoms with Gasteiger partial charge in [-0.15, -0.1) is 0 Å². The molecule has 0 radical (unpaired) electrons. The third-order valence-corrected chi connectivity index (χ3v) is 6.92. The van der Waals surface area contributed by atoms with Crippen molar-refractivity contribution in [3.05, 3.63) is 71.8 Å². The van der Waals surface area contributed by atoms with Crippen LogP contribution in [0.1, 0.15) is 15.9 Å². The summed E-state index contributed by atoms with van der Waals surface area (Å²) in [5.74, 6) is -0.913. The molecule has 1 N–H and O–H groups in total. The molecule has 1 aliphatic rings. The number of carbonyl (C=O) groups is 1. The van der Waals surface area contributed by atoms with Crippen molar-refractivity contribution >= 4 is 22.0 Å². The van der Waals surface area contributed by atoms with E-state index in [1.807, 2.05) is 42.5 Å². The van der Waals surface area contributed by atoms with Gasteiger partial charge in [0, 0.05) is 38.3 Å². The van der Waals surface area contributed by atoms with Crippen LogP contribution in [-0.4, -0.2) is 69.0 Å². The Morgan fingerprint density at radius 3 is 2.19 bits per heavy atom. The number of carbonyl (C=O) groups excluding carboxylic acids is 1. The molecule has 1 saturated heterocycles. The van der Waals surface area contributed by atoms with E-state index in [0.29, 0.717) is 32.7 Å². The van der Waals surface area contributed by atoms with E-state index in [-0.39, 0.29) is 10.5 Å². The van der Waals surface area contributed by atoms with Crippen molar-refractivity contribution < 1.29 is 26.4 Å². The summed E-state index contributed by atoms with van der Waals surface area (Å²) in [4.78, 5) is 13.9. The molecule has 2 aromatic rings. The number of amides is 1. The van der Waals surface area contributed by atoms with Crippen LogP contribution in [0.25, 0.3) is 6.08 Å². The van der Waals surface area contributed by atoms with Crippen LogP contribution in [0.15, 0.2) is 65.6 Å². The van der Waals surface area contributed by atoms with E-state index >= 15 is 0 Å². The molecule has 0 spiro atoms. The summed E-state index contributed by atoms with van der Waals surface area (Å²) in [5, 5.41) is 1.76. The zero-order chi connectivity index (χ0) is 23.2.